The fourth-order valence-electron chi connectivity index (χ4n) is 1.41. The van der Waals surface area contributed by atoms with Gasteiger partial charge < -0.3 is 5.11 Å². The van der Waals surface area contributed by atoms with E-state index < -0.39 is 0 Å². The third kappa shape index (κ3) is 1.30. The first kappa shape index (κ1) is 9.71. The summed E-state index contributed by atoms with van der Waals surface area (Å²) in [6.07, 6.45) is 0. The van der Waals surface area contributed by atoms with Crippen LogP contribution in [0.1, 0.15) is 22.3 Å². The molecule has 0 spiro atoms. The zero-order chi connectivity index (χ0) is 10.2. The molecule has 0 fully saturated rings. The summed E-state index contributed by atoms with van der Waals surface area (Å²) in [6.45, 7) is 7.65. The smallest absolute Gasteiger partial charge is 0.146 e. The molecule has 0 atom stereocenters. The van der Waals surface area contributed by atoms with Crippen LogP contribution in [0.25, 0.3) is 0 Å². The van der Waals surface area contributed by atoms with Crippen LogP contribution in [0, 0.1) is 33.2 Å². The van der Waals surface area contributed by atoms with Gasteiger partial charge in [-0.2, -0.15) is 5.11 Å². The summed E-state index contributed by atoms with van der Waals surface area (Å²) in [5, 5.41) is 13.0. The molecule has 0 aromatic heterocycles. The molecule has 0 unspecified atom stereocenters. The molecule has 1 aromatic rings. The average molecular weight is 178 g/mol. The quantitative estimate of drug-likeness (QED) is 0.637. The fourth-order valence-corrected chi connectivity index (χ4v) is 1.41. The normalized spacial score (nSPS) is 10.2. The van der Waals surface area contributed by atoms with Crippen molar-refractivity contribution in [3.05, 3.63) is 22.3 Å². The summed E-state index contributed by atoms with van der Waals surface area (Å²) >= 11 is 0. The number of nitrogens with one attached hydrogen (secondary N) is 1. The predicted octanol–water partition coefficient (Wildman–Crippen LogP) is 3.29. The first-order valence-electron chi connectivity index (χ1n) is 4.17. The van der Waals surface area contributed by atoms with Crippen LogP contribution < -0.4 is 0 Å². The molecule has 0 radical (unpaired) electrons. The molecule has 0 saturated carbocycles. The summed E-state index contributed by atoms with van der Waals surface area (Å²) in [5.41, 5.74) is 11.2. The summed E-state index contributed by atoms with van der Waals surface area (Å²) < 4.78 is 0. The highest BCUT2D eigenvalue weighted by Crippen LogP contribution is 2.37. The Bertz CT molecular complexity index is 341. The zero-order valence-electron chi connectivity index (χ0n) is 8.39. The van der Waals surface area contributed by atoms with E-state index in [1.165, 1.54) is 0 Å². The summed E-state index contributed by atoms with van der Waals surface area (Å²) in [4.78, 5) is 0. The van der Waals surface area contributed by atoms with Crippen LogP contribution in [0.5, 0.6) is 5.75 Å². The van der Waals surface area contributed by atoms with E-state index in [0.717, 1.165) is 22.3 Å². The van der Waals surface area contributed by atoms with Crippen LogP contribution >= 0.6 is 0 Å². The number of rotatable bonds is 1. The van der Waals surface area contributed by atoms with Crippen LogP contribution in [-0.2, 0) is 0 Å². The molecule has 1 aromatic carbocycles. The van der Waals surface area contributed by atoms with E-state index in [0.29, 0.717) is 5.69 Å². The minimum absolute atomic E-state index is 0.135. The highest BCUT2D eigenvalue weighted by molar-refractivity contribution is 5.64. The van der Waals surface area contributed by atoms with Crippen LogP contribution in [0.15, 0.2) is 5.11 Å². The Morgan fingerprint density at radius 3 is 1.85 bits per heavy atom. The highest BCUT2D eigenvalue weighted by Gasteiger charge is 2.13. The molecule has 0 amide bonds. The monoisotopic (exact) mass is 178 g/mol. The van der Waals surface area contributed by atoms with E-state index in [1.54, 1.807) is 0 Å². The Kier molecular flexibility index (Phi) is 2.36. The van der Waals surface area contributed by atoms with Crippen molar-refractivity contribution in [3.63, 3.8) is 0 Å². The van der Waals surface area contributed by atoms with E-state index in [1.807, 2.05) is 27.7 Å². The Morgan fingerprint density at radius 2 is 1.38 bits per heavy atom. The molecule has 13 heavy (non-hydrogen) atoms. The van der Waals surface area contributed by atoms with Crippen molar-refractivity contribution in [2.24, 2.45) is 5.11 Å². The molecule has 3 heteroatoms. The van der Waals surface area contributed by atoms with E-state index in [-0.39, 0.29) is 5.75 Å². The Hall–Kier alpha value is -1.38. The maximum absolute atomic E-state index is 9.67. The Morgan fingerprint density at radius 1 is 0.923 bits per heavy atom. The third-order valence-corrected chi connectivity index (χ3v) is 2.73. The van der Waals surface area contributed by atoms with Crippen LogP contribution in [0.2, 0.25) is 0 Å². The second-order valence-electron chi connectivity index (χ2n) is 3.31. The standard InChI is InChI=1S/C10H14N2O/c1-5-6(2)8(4)10(13)9(12-11)7(5)3/h11,13H,1-4H3. The lowest BCUT2D eigenvalue weighted by atomic mass is 9.97. The molecule has 0 aliphatic heterocycles. The number of phenolic OH excluding ortho intramolecular Hbond substituents is 1. The summed E-state index contributed by atoms with van der Waals surface area (Å²) in [7, 11) is 0. The molecule has 0 aliphatic rings. The summed E-state index contributed by atoms with van der Waals surface area (Å²) in [6, 6.07) is 0. The second kappa shape index (κ2) is 3.17. The minimum atomic E-state index is 0.135. The van der Waals surface area contributed by atoms with Gasteiger partial charge in [0.25, 0.3) is 0 Å². The van der Waals surface area contributed by atoms with Gasteiger partial charge in [-0.15, -0.1) is 0 Å². The zero-order valence-corrected chi connectivity index (χ0v) is 8.39. The Labute approximate surface area is 77.9 Å². The first-order chi connectivity index (χ1) is 6.00. The van der Waals surface area contributed by atoms with E-state index in [4.69, 9.17) is 5.53 Å². The van der Waals surface area contributed by atoms with Crippen molar-refractivity contribution >= 4 is 5.69 Å². The van der Waals surface area contributed by atoms with Crippen LogP contribution in [0.4, 0.5) is 5.69 Å². The van der Waals surface area contributed by atoms with Gasteiger partial charge in [0, 0.05) is 0 Å². The van der Waals surface area contributed by atoms with Gasteiger partial charge in [-0.25, -0.2) is 5.53 Å². The van der Waals surface area contributed by atoms with Crippen molar-refractivity contribution in [2.75, 3.05) is 0 Å². The van der Waals surface area contributed by atoms with Crippen LogP contribution in [0.3, 0.4) is 0 Å². The molecule has 0 aliphatic carbocycles. The number of aromatic hydroxyl groups is 1. The van der Waals surface area contributed by atoms with Gasteiger partial charge in [0.05, 0.1) is 0 Å². The molecule has 70 valence electrons. The third-order valence-electron chi connectivity index (χ3n) is 2.73. The van der Waals surface area contributed by atoms with Crippen molar-refractivity contribution < 1.29 is 5.11 Å². The maximum Gasteiger partial charge on any atom is 0.146 e. The molecule has 0 bridgehead atoms. The highest BCUT2D eigenvalue weighted by atomic mass is 16.3. The topological polar surface area (TPSA) is 56.4 Å². The van der Waals surface area contributed by atoms with Crippen molar-refractivity contribution in [2.45, 2.75) is 27.7 Å². The van der Waals surface area contributed by atoms with Gasteiger partial charge >= 0.3 is 0 Å². The van der Waals surface area contributed by atoms with Gasteiger partial charge in [-0.05, 0) is 49.9 Å². The van der Waals surface area contributed by atoms with Gasteiger partial charge in [0.15, 0.2) is 0 Å². The SMILES string of the molecule is Cc1c(C)c(C)c(N=N)c(O)c1C. The molecule has 2 N–H and O–H groups in total. The molecule has 1 rings (SSSR count). The number of nitrogens with zero attached hydrogens (tertiary/aromatic N) is 1. The van der Waals surface area contributed by atoms with E-state index >= 15 is 0 Å². The lowest BCUT2D eigenvalue weighted by Gasteiger charge is -2.12. The molecule has 0 heterocycles. The first-order valence-corrected chi connectivity index (χ1v) is 4.17. The van der Waals surface area contributed by atoms with E-state index in [9.17, 15) is 5.11 Å². The molecule has 0 saturated heterocycles. The van der Waals surface area contributed by atoms with Gasteiger partial charge in [0.2, 0.25) is 0 Å². The second-order valence-corrected chi connectivity index (χ2v) is 3.31. The lowest BCUT2D eigenvalue weighted by Crippen LogP contribution is -1.92. The van der Waals surface area contributed by atoms with Crippen molar-refractivity contribution in [3.8, 4) is 5.75 Å². The molecule has 3 nitrogen and oxygen atoms in total. The largest absolute Gasteiger partial charge is 0.505 e. The summed E-state index contributed by atoms with van der Waals surface area (Å²) in [5.74, 6) is 0.135. The number of phenols is 1. The lowest BCUT2D eigenvalue weighted by molar-refractivity contribution is 0.470. The van der Waals surface area contributed by atoms with E-state index in [2.05, 4.69) is 5.11 Å². The van der Waals surface area contributed by atoms with Gasteiger partial charge in [-0.1, -0.05) is 0 Å². The minimum Gasteiger partial charge on any atom is -0.505 e. The molecular weight excluding hydrogens is 164 g/mol. The van der Waals surface area contributed by atoms with Gasteiger partial charge in [0.1, 0.15) is 11.4 Å². The Balaban J connectivity index is 3.66. The average Bonchev–Trinajstić information content (AvgIpc) is 2.13. The number of hydrogen-bond donors (Lipinski definition) is 2. The molecular formula is C10H14N2O. The number of benzene rings is 1. The maximum atomic E-state index is 9.67. The predicted molar refractivity (Wildman–Crippen MR) is 51.9 cm³/mol. The van der Waals surface area contributed by atoms with Crippen LogP contribution in [-0.4, -0.2) is 5.11 Å². The van der Waals surface area contributed by atoms with Gasteiger partial charge in [-0.3, -0.25) is 0 Å². The van der Waals surface area contributed by atoms with Crippen molar-refractivity contribution in [1.29, 1.82) is 5.53 Å². The fraction of sp³-hybridized carbons (Fsp3) is 0.400. The number of hydrogen-bond acceptors (Lipinski definition) is 3. The van der Waals surface area contributed by atoms with Crippen molar-refractivity contribution in [1.82, 2.24) is 0 Å².